The van der Waals surface area contributed by atoms with Crippen LogP contribution in [0.2, 0.25) is 0 Å². The van der Waals surface area contributed by atoms with Gasteiger partial charge in [0.05, 0.1) is 6.04 Å². The first-order valence-corrected chi connectivity index (χ1v) is 5.56. The minimum atomic E-state index is -0.269. The Morgan fingerprint density at radius 2 is 2.47 bits per heavy atom. The number of carbonyl (C=O) groups is 1. The van der Waals surface area contributed by atoms with Crippen LogP contribution >= 0.6 is 11.5 Å². The molecule has 1 aromatic heterocycles. The third kappa shape index (κ3) is 2.07. The van der Waals surface area contributed by atoms with E-state index >= 15 is 0 Å². The summed E-state index contributed by atoms with van der Waals surface area (Å²) >= 11 is 1.17. The number of anilines is 1. The Morgan fingerprint density at radius 1 is 1.67 bits per heavy atom. The number of amides is 1. The van der Waals surface area contributed by atoms with Crippen molar-refractivity contribution in [3.8, 4) is 0 Å². The van der Waals surface area contributed by atoms with Crippen molar-refractivity contribution in [2.75, 3.05) is 12.3 Å². The van der Waals surface area contributed by atoms with E-state index in [0.717, 1.165) is 25.1 Å². The van der Waals surface area contributed by atoms with Crippen LogP contribution in [0.25, 0.3) is 0 Å². The SMILES string of the molecule is NC(=O)C1CCCN1Cc1nnsc1N. The van der Waals surface area contributed by atoms with E-state index in [-0.39, 0.29) is 11.9 Å². The van der Waals surface area contributed by atoms with Crippen molar-refractivity contribution < 1.29 is 4.79 Å². The summed E-state index contributed by atoms with van der Waals surface area (Å²) < 4.78 is 3.76. The maximum Gasteiger partial charge on any atom is 0.234 e. The van der Waals surface area contributed by atoms with Gasteiger partial charge in [-0.1, -0.05) is 4.49 Å². The third-order valence-electron chi connectivity index (χ3n) is 2.63. The topological polar surface area (TPSA) is 98.1 Å². The fraction of sp³-hybridized carbons (Fsp3) is 0.625. The summed E-state index contributed by atoms with van der Waals surface area (Å²) in [6.07, 6.45) is 1.82. The minimum Gasteiger partial charge on any atom is -0.388 e. The van der Waals surface area contributed by atoms with Gasteiger partial charge >= 0.3 is 0 Å². The zero-order valence-electron chi connectivity index (χ0n) is 8.22. The van der Waals surface area contributed by atoms with Gasteiger partial charge in [-0.25, -0.2) is 0 Å². The number of nitrogens with zero attached hydrogens (tertiary/aromatic N) is 3. The lowest BCUT2D eigenvalue weighted by molar-refractivity contribution is -0.122. The van der Waals surface area contributed by atoms with Gasteiger partial charge < -0.3 is 11.5 Å². The molecule has 0 saturated carbocycles. The monoisotopic (exact) mass is 227 g/mol. The lowest BCUT2D eigenvalue weighted by Gasteiger charge is -2.20. The van der Waals surface area contributed by atoms with Gasteiger partial charge in [-0.05, 0) is 19.4 Å². The molecule has 2 rings (SSSR count). The van der Waals surface area contributed by atoms with E-state index in [1.807, 2.05) is 4.90 Å². The van der Waals surface area contributed by atoms with Crippen LogP contribution in [0.5, 0.6) is 0 Å². The van der Waals surface area contributed by atoms with E-state index in [9.17, 15) is 4.79 Å². The molecule has 0 spiro atoms. The van der Waals surface area contributed by atoms with Crippen LogP contribution in [0.1, 0.15) is 18.5 Å². The molecule has 4 N–H and O–H groups in total. The molecule has 1 atom stereocenters. The predicted molar refractivity (Wildman–Crippen MR) is 56.9 cm³/mol. The second-order valence-electron chi connectivity index (χ2n) is 3.61. The van der Waals surface area contributed by atoms with Gasteiger partial charge in [-0.2, -0.15) is 0 Å². The number of hydrogen-bond acceptors (Lipinski definition) is 6. The van der Waals surface area contributed by atoms with Crippen LogP contribution in [0.15, 0.2) is 0 Å². The second-order valence-corrected chi connectivity index (χ2v) is 4.40. The van der Waals surface area contributed by atoms with Crippen molar-refractivity contribution in [1.82, 2.24) is 14.5 Å². The highest BCUT2D eigenvalue weighted by Gasteiger charge is 2.29. The van der Waals surface area contributed by atoms with Gasteiger partial charge in [0.1, 0.15) is 10.7 Å². The molecule has 1 amide bonds. The van der Waals surface area contributed by atoms with Crippen LogP contribution in [-0.4, -0.2) is 33.0 Å². The van der Waals surface area contributed by atoms with E-state index in [2.05, 4.69) is 9.59 Å². The minimum absolute atomic E-state index is 0.175. The molecule has 1 aliphatic rings. The van der Waals surface area contributed by atoms with Crippen molar-refractivity contribution in [2.24, 2.45) is 5.73 Å². The normalized spacial score (nSPS) is 22.0. The average molecular weight is 227 g/mol. The number of primary amides is 1. The molecule has 7 heteroatoms. The molecular weight excluding hydrogens is 214 g/mol. The molecule has 0 bridgehead atoms. The van der Waals surface area contributed by atoms with Crippen LogP contribution in [0.4, 0.5) is 5.00 Å². The van der Waals surface area contributed by atoms with Crippen LogP contribution in [0, 0.1) is 0 Å². The van der Waals surface area contributed by atoms with Crippen molar-refractivity contribution in [2.45, 2.75) is 25.4 Å². The molecule has 1 aromatic rings. The third-order valence-corrected chi connectivity index (χ3v) is 3.23. The molecule has 0 aliphatic carbocycles. The first kappa shape index (κ1) is 10.3. The zero-order valence-corrected chi connectivity index (χ0v) is 9.04. The molecule has 15 heavy (non-hydrogen) atoms. The van der Waals surface area contributed by atoms with Crippen molar-refractivity contribution >= 4 is 22.4 Å². The number of nitrogen functional groups attached to an aromatic ring is 1. The molecule has 1 unspecified atom stereocenters. The Labute approximate surface area is 91.4 Å². The number of carbonyl (C=O) groups excluding carboxylic acids is 1. The molecule has 6 nitrogen and oxygen atoms in total. The molecule has 82 valence electrons. The summed E-state index contributed by atoms with van der Waals surface area (Å²) in [6.45, 7) is 1.43. The van der Waals surface area contributed by atoms with Gasteiger partial charge in [0.15, 0.2) is 0 Å². The molecule has 1 saturated heterocycles. The summed E-state index contributed by atoms with van der Waals surface area (Å²) in [5.74, 6) is -0.269. The zero-order chi connectivity index (χ0) is 10.8. The standard InChI is InChI=1S/C8H13N5OS/c9-7(14)6-2-1-3-13(6)4-5-8(10)15-12-11-5/h6H,1-4,10H2,(H2,9,14). The Hall–Kier alpha value is -1.21. The highest BCUT2D eigenvalue weighted by Crippen LogP contribution is 2.22. The van der Waals surface area contributed by atoms with Crippen molar-refractivity contribution in [1.29, 1.82) is 0 Å². The maximum atomic E-state index is 11.1. The molecule has 1 fully saturated rings. The molecule has 0 radical (unpaired) electrons. The molecule has 0 aromatic carbocycles. The summed E-state index contributed by atoms with van der Waals surface area (Å²) in [5, 5.41) is 4.54. The molecule has 2 heterocycles. The van der Waals surface area contributed by atoms with E-state index in [4.69, 9.17) is 11.5 Å². The first-order valence-electron chi connectivity index (χ1n) is 4.78. The number of hydrogen-bond donors (Lipinski definition) is 2. The summed E-state index contributed by atoms with van der Waals surface area (Å²) in [7, 11) is 0. The van der Waals surface area contributed by atoms with Crippen LogP contribution in [-0.2, 0) is 11.3 Å². The lowest BCUT2D eigenvalue weighted by Crippen LogP contribution is -2.39. The molecular formula is C8H13N5OS. The number of likely N-dealkylation sites (tertiary alicyclic amines) is 1. The first-order chi connectivity index (χ1) is 7.18. The summed E-state index contributed by atoms with van der Waals surface area (Å²) in [6, 6.07) is -0.175. The van der Waals surface area contributed by atoms with Crippen molar-refractivity contribution in [3.63, 3.8) is 0 Å². The Morgan fingerprint density at radius 3 is 3.07 bits per heavy atom. The van der Waals surface area contributed by atoms with Gasteiger partial charge in [-0.3, -0.25) is 9.69 Å². The predicted octanol–water partition coefficient (Wildman–Crippen LogP) is -0.430. The van der Waals surface area contributed by atoms with E-state index in [1.165, 1.54) is 11.5 Å². The quantitative estimate of drug-likeness (QED) is 0.730. The Balaban J connectivity index is 2.06. The Kier molecular flexibility index (Phi) is 2.83. The van der Waals surface area contributed by atoms with E-state index < -0.39 is 0 Å². The van der Waals surface area contributed by atoms with Gasteiger partial charge in [0.2, 0.25) is 5.91 Å². The summed E-state index contributed by atoms with van der Waals surface area (Å²) in [5.41, 5.74) is 11.7. The van der Waals surface area contributed by atoms with Gasteiger partial charge in [-0.15, -0.1) is 5.10 Å². The average Bonchev–Trinajstić information content (AvgIpc) is 2.77. The van der Waals surface area contributed by atoms with Crippen molar-refractivity contribution in [3.05, 3.63) is 5.69 Å². The number of nitrogens with two attached hydrogens (primary N) is 2. The number of rotatable bonds is 3. The van der Waals surface area contributed by atoms with E-state index in [0.29, 0.717) is 11.5 Å². The second kappa shape index (κ2) is 4.11. The number of aromatic nitrogens is 2. The highest BCUT2D eigenvalue weighted by atomic mass is 32.1. The molecule has 1 aliphatic heterocycles. The smallest absolute Gasteiger partial charge is 0.234 e. The van der Waals surface area contributed by atoms with E-state index in [1.54, 1.807) is 0 Å². The largest absolute Gasteiger partial charge is 0.388 e. The van der Waals surface area contributed by atoms with Gasteiger partial charge in [0.25, 0.3) is 0 Å². The fourth-order valence-corrected chi connectivity index (χ4v) is 2.29. The highest BCUT2D eigenvalue weighted by molar-refractivity contribution is 7.09. The Bertz CT molecular complexity index is 366. The maximum absolute atomic E-state index is 11.1. The van der Waals surface area contributed by atoms with Gasteiger partial charge in [0, 0.05) is 18.1 Å². The fourth-order valence-electron chi connectivity index (χ4n) is 1.86. The van der Waals surface area contributed by atoms with Crippen LogP contribution in [0.3, 0.4) is 0 Å². The van der Waals surface area contributed by atoms with Crippen LogP contribution < -0.4 is 11.5 Å². The summed E-state index contributed by atoms with van der Waals surface area (Å²) in [4.78, 5) is 13.2. The lowest BCUT2D eigenvalue weighted by atomic mass is 10.2.